The van der Waals surface area contributed by atoms with Crippen LogP contribution in [0.4, 0.5) is 4.79 Å². The monoisotopic (exact) mass is 299 g/mol. The van der Waals surface area contributed by atoms with Gasteiger partial charge in [0.2, 0.25) is 0 Å². The Balaban J connectivity index is 1.86. The summed E-state index contributed by atoms with van der Waals surface area (Å²) in [5, 5.41) is 5.66. The molecule has 3 rings (SSSR count). The molecular formula is C17H21N3O2. The van der Waals surface area contributed by atoms with Crippen molar-refractivity contribution in [3.05, 3.63) is 47.2 Å². The van der Waals surface area contributed by atoms with E-state index >= 15 is 0 Å². The predicted molar refractivity (Wildman–Crippen MR) is 83.9 cm³/mol. The van der Waals surface area contributed by atoms with Gasteiger partial charge in [0.15, 0.2) is 0 Å². The number of nitrogens with zero attached hydrogens (tertiary/aromatic N) is 1. The Morgan fingerprint density at radius 1 is 1.23 bits per heavy atom. The van der Waals surface area contributed by atoms with Crippen molar-refractivity contribution in [3.63, 3.8) is 0 Å². The van der Waals surface area contributed by atoms with Crippen LogP contribution in [-0.4, -0.2) is 29.9 Å². The Bertz CT molecular complexity index is 622. The van der Waals surface area contributed by atoms with Gasteiger partial charge in [-0.15, -0.1) is 0 Å². The van der Waals surface area contributed by atoms with E-state index < -0.39 is 0 Å². The molecule has 2 N–H and O–H groups in total. The summed E-state index contributed by atoms with van der Waals surface area (Å²) in [5.74, 6) is 0.570. The number of carbonyl (C=O) groups excluding carboxylic acids is 2. The first kappa shape index (κ1) is 14.6. The van der Waals surface area contributed by atoms with E-state index in [2.05, 4.69) is 24.5 Å². The summed E-state index contributed by atoms with van der Waals surface area (Å²) in [4.78, 5) is 26.4. The number of benzene rings is 1. The van der Waals surface area contributed by atoms with Crippen LogP contribution in [-0.2, 0) is 4.79 Å². The first-order valence-electron chi connectivity index (χ1n) is 7.71. The fourth-order valence-corrected chi connectivity index (χ4v) is 2.92. The molecule has 0 aromatic heterocycles. The summed E-state index contributed by atoms with van der Waals surface area (Å²) >= 11 is 0. The Hall–Kier alpha value is -2.30. The van der Waals surface area contributed by atoms with Crippen LogP contribution in [0, 0.1) is 5.92 Å². The lowest BCUT2D eigenvalue weighted by Gasteiger charge is -2.25. The Labute approximate surface area is 130 Å². The minimum absolute atomic E-state index is 0.0250. The van der Waals surface area contributed by atoms with Gasteiger partial charge in [0.25, 0.3) is 5.91 Å². The maximum Gasteiger partial charge on any atom is 0.319 e. The molecule has 0 spiro atoms. The Morgan fingerprint density at radius 3 is 2.64 bits per heavy atom. The van der Waals surface area contributed by atoms with Crippen LogP contribution >= 0.6 is 0 Å². The van der Waals surface area contributed by atoms with Gasteiger partial charge in [0.05, 0.1) is 23.9 Å². The van der Waals surface area contributed by atoms with Crippen molar-refractivity contribution in [2.24, 2.45) is 5.92 Å². The molecule has 2 aliphatic heterocycles. The molecule has 5 heteroatoms. The highest BCUT2D eigenvalue weighted by atomic mass is 16.2. The first-order chi connectivity index (χ1) is 10.6. The average Bonchev–Trinajstić information content (AvgIpc) is 2.81. The number of nitrogens with one attached hydrogen (secondary N) is 2. The molecule has 5 nitrogen and oxygen atoms in total. The fourth-order valence-electron chi connectivity index (χ4n) is 2.92. The van der Waals surface area contributed by atoms with Crippen LogP contribution in [0.3, 0.4) is 0 Å². The zero-order chi connectivity index (χ0) is 15.7. The molecule has 116 valence electrons. The van der Waals surface area contributed by atoms with Gasteiger partial charge in [-0.2, -0.15) is 0 Å². The molecule has 2 heterocycles. The molecule has 1 aromatic carbocycles. The Morgan fingerprint density at radius 2 is 1.95 bits per heavy atom. The summed E-state index contributed by atoms with van der Waals surface area (Å²) in [7, 11) is 0. The quantitative estimate of drug-likeness (QED) is 0.895. The van der Waals surface area contributed by atoms with E-state index in [0.29, 0.717) is 18.0 Å². The third-order valence-corrected chi connectivity index (χ3v) is 4.13. The summed E-state index contributed by atoms with van der Waals surface area (Å²) in [6.07, 6.45) is 0.962. The average molecular weight is 299 g/mol. The second-order valence-corrected chi connectivity index (χ2v) is 6.24. The molecule has 22 heavy (non-hydrogen) atoms. The van der Waals surface area contributed by atoms with E-state index in [-0.39, 0.29) is 18.0 Å². The normalized spacial score (nSPS) is 21.0. The lowest BCUT2D eigenvalue weighted by molar-refractivity contribution is -0.125. The molecule has 1 atom stereocenters. The molecule has 0 saturated carbocycles. The minimum atomic E-state index is -0.360. The third-order valence-electron chi connectivity index (χ3n) is 4.13. The van der Waals surface area contributed by atoms with Crippen LogP contribution in [0.15, 0.2) is 41.6 Å². The maximum atomic E-state index is 12.7. The maximum absolute atomic E-state index is 12.7. The molecule has 0 fully saturated rings. The van der Waals surface area contributed by atoms with Gasteiger partial charge >= 0.3 is 6.03 Å². The van der Waals surface area contributed by atoms with Crippen molar-refractivity contribution in [3.8, 4) is 0 Å². The second-order valence-electron chi connectivity index (χ2n) is 6.24. The van der Waals surface area contributed by atoms with E-state index in [1.54, 1.807) is 0 Å². The zero-order valence-electron chi connectivity index (χ0n) is 12.9. The summed E-state index contributed by atoms with van der Waals surface area (Å²) in [6.45, 7) is 5.51. The van der Waals surface area contributed by atoms with Crippen LogP contribution in [0.5, 0.6) is 0 Å². The van der Waals surface area contributed by atoms with Gasteiger partial charge < -0.3 is 15.5 Å². The van der Waals surface area contributed by atoms with Gasteiger partial charge in [0, 0.05) is 6.54 Å². The van der Waals surface area contributed by atoms with Gasteiger partial charge in [-0.05, 0) is 17.9 Å². The highest BCUT2D eigenvalue weighted by Crippen LogP contribution is 2.32. The van der Waals surface area contributed by atoms with Crippen LogP contribution < -0.4 is 10.6 Å². The third kappa shape index (κ3) is 2.71. The van der Waals surface area contributed by atoms with Crippen molar-refractivity contribution in [1.29, 1.82) is 0 Å². The lowest BCUT2D eigenvalue weighted by Crippen LogP contribution is -2.44. The van der Waals surface area contributed by atoms with Crippen molar-refractivity contribution in [2.45, 2.75) is 26.3 Å². The molecule has 0 bridgehead atoms. The number of hydrogen-bond acceptors (Lipinski definition) is 2. The summed E-state index contributed by atoms with van der Waals surface area (Å²) in [5.41, 5.74) is 2.35. The molecule has 2 aliphatic rings. The smallest absolute Gasteiger partial charge is 0.319 e. The zero-order valence-corrected chi connectivity index (χ0v) is 12.9. The summed E-state index contributed by atoms with van der Waals surface area (Å²) in [6, 6.07) is 9.02. The van der Waals surface area contributed by atoms with E-state index in [1.807, 2.05) is 35.2 Å². The van der Waals surface area contributed by atoms with Crippen molar-refractivity contribution < 1.29 is 9.59 Å². The molecule has 1 aromatic rings. The highest BCUT2D eigenvalue weighted by molar-refractivity contribution is 6.01. The molecule has 0 saturated heterocycles. The molecular weight excluding hydrogens is 278 g/mol. The van der Waals surface area contributed by atoms with E-state index in [0.717, 1.165) is 24.2 Å². The van der Waals surface area contributed by atoms with Crippen LogP contribution in [0.2, 0.25) is 0 Å². The highest BCUT2D eigenvalue weighted by Gasteiger charge is 2.39. The molecule has 3 amide bonds. The standard InChI is InChI=1S/C17H21N3O2/c1-11(2)8-9-20-10-13-14(16(20)21)15(19-17(22)18-13)12-6-4-3-5-7-12/h3-7,11,15H,8-10H2,1-2H3,(H2,18,19,22). The lowest BCUT2D eigenvalue weighted by atomic mass is 9.96. The number of urea groups is 1. The van der Waals surface area contributed by atoms with Gasteiger partial charge in [-0.3, -0.25) is 4.79 Å². The molecule has 1 unspecified atom stereocenters. The van der Waals surface area contributed by atoms with E-state index in [9.17, 15) is 9.59 Å². The molecule has 0 radical (unpaired) electrons. The first-order valence-corrected chi connectivity index (χ1v) is 7.71. The van der Waals surface area contributed by atoms with Gasteiger partial charge in [-0.1, -0.05) is 44.2 Å². The molecule has 0 aliphatic carbocycles. The number of amides is 3. The largest absolute Gasteiger partial charge is 0.333 e. The van der Waals surface area contributed by atoms with E-state index in [1.165, 1.54) is 0 Å². The number of hydrogen-bond donors (Lipinski definition) is 2. The van der Waals surface area contributed by atoms with Crippen LogP contribution in [0.1, 0.15) is 31.9 Å². The second kappa shape index (κ2) is 5.83. The van der Waals surface area contributed by atoms with E-state index in [4.69, 9.17) is 0 Å². The number of carbonyl (C=O) groups is 2. The summed E-state index contributed by atoms with van der Waals surface area (Å²) < 4.78 is 0. The SMILES string of the molecule is CC(C)CCN1CC2=C(C1=O)C(c1ccccc1)NC(=O)N2. The predicted octanol–water partition coefficient (Wildman–Crippen LogP) is 2.18. The van der Waals surface area contributed by atoms with Gasteiger partial charge in [0.1, 0.15) is 0 Å². The Kier molecular flexibility index (Phi) is 3.88. The minimum Gasteiger partial charge on any atom is -0.333 e. The van der Waals surface area contributed by atoms with Crippen molar-refractivity contribution >= 4 is 11.9 Å². The van der Waals surface area contributed by atoms with Crippen LogP contribution in [0.25, 0.3) is 0 Å². The fraction of sp³-hybridized carbons (Fsp3) is 0.412. The van der Waals surface area contributed by atoms with Crippen molar-refractivity contribution in [1.82, 2.24) is 15.5 Å². The topological polar surface area (TPSA) is 61.4 Å². The van der Waals surface area contributed by atoms with Gasteiger partial charge in [-0.25, -0.2) is 4.79 Å². The number of rotatable bonds is 4. The van der Waals surface area contributed by atoms with Crippen molar-refractivity contribution in [2.75, 3.05) is 13.1 Å².